The molecule has 0 bridgehead atoms. The smallest absolute Gasteiger partial charge is 0.168 e. The first-order valence-corrected chi connectivity index (χ1v) is 8.38. The Labute approximate surface area is 137 Å². The number of ether oxygens (including phenoxy) is 4. The molecule has 0 aliphatic carbocycles. The van der Waals surface area contributed by atoms with E-state index in [2.05, 4.69) is 18.2 Å². The van der Waals surface area contributed by atoms with Crippen LogP contribution in [0.4, 0.5) is 0 Å². The second-order valence-corrected chi connectivity index (χ2v) is 5.60. The predicted octanol–water partition coefficient (Wildman–Crippen LogP) is 3.81. The highest BCUT2D eigenvalue weighted by molar-refractivity contribution is 5.90. The first-order valence-electron chi connectivity index (χ1n) is 8.38. The van der Waals surface area contributed by atoms with Gasteiger partial charge in [-0.2, -0.15) is 0 Å². The molecule has 1 heterocycles. The lowest BCUT2D eigenvalue weighted by Gasteiger charge is -2.15. The number of hydrogen-bond donors (Lipinski definition) is 0. The van der Waals surface area contributed by atoms with Gasteiger partial charge in [0, 0.05) is 44.7 Å². The van der Waals surface area contributed by atoms with Crippen molar-refractivity contribution < 1.29 is 18.9 Å². The topological polar surface area (TPSA) is 36.9 Å². The number of rotatable bonds is 0. The highest BCUT2D eigenvalue weighted by Crippen LogP contribution is 2.35. The maximum Gasteiger partial charge on any atom is 0.168 e. The highest BCUT2D eigenvalue weighted by atomic mass is 16.5. The fourth-order valence-electron chi connectivity index (χ4n) is 2.63. The van der Waals surface area contributed by atoms with E-state index in [0.717, 1.165) is 54.7 Å². The summed E-state index contributed by atoms with van der Waals surface area (Å²) in [7, 11) is 0. The molecule has 3 rings (SSSR count). The van der Waals surface area contributed by atoms with Gasteiger partial charge in [0.05, 0.1) is 13.2 Å². The predicted molar refractivity (Wildman–Crippen MR) is 90.4 cm³/mol. The molecule has 0 saturated heterocycles. The van der Waals surface area contributed by atoms with Crippen LogP contribution < -0.4 is 9.47 Å². The summed E-state index contributed by atoms with van der Waals surface area (Å²) in [5, 5.41) is 2.25. The Morgan fingerprint density at radius 1 is 0.609 bits per heavy atom. The minimum absolute atomic E-state index is 0.626. The van der Waals surface area contributed by atoms with Gasteiger partial charge in [-0.05, 0) is 17.9 Å². The van der Waals surface area contributed by atoms with E-state index in [1.54, 1.807) is 0 Å². The van der Waals surface area contributed by atoms with E-state index in [4.69, 9.17) is 18.9 Å². The van der Waals surface area contributed by atoms with E-state index >= 15 is 0 Å². The second-order valence-electron chi connectivity index (χ2n) is 5.60. The molecular weight excluding hydrogens is 292 g/mol. The zero-order chi connectivity index (χ0) is 15.7. The van der Waals surface area contributed by atoms with Crippen LogP contribution >= 0.6 is 0 Å². The highest BCUT2D eigenvalue weighted by Gasteiger charge is 2.10. The minimum Gasteiger partial charge on any atom is -0.490 e. The SMILES string of the molecule is c1ccc2c3c(ccc2c1)OCCCOCCCOCCCO3. The van der Waals surface area contributed by atoms with E-state index in [0.29, 0.717) is 26.4 Å². The molecule has 23 heavy (non-hydrogen) atoms. The van der Waals surface area contributed by atoms with Crippen LogP contribution in [-0.2, 0) is 9.47 Å². The van der Waals surface area contributed by atoms with Crippen molar-refractivity contribution in [2.24, 2.45) is 0 Å². The van der Waals surface area contributed by atoms with Crippen LogP contribution in [0, 0.1) is 0 Å². The molecule has 1 aliphatic heterocycles. The Morgan fingerprint density at radius 3 is 2.04 bits per heavy atom. The summed E-state index contributed by atoms with van der Waals surface area (Å²) < 4.78 is 23.1. The lowest BCUT2D eigenvalue weighted by Crippen LogP contribution is -2.06. The number of benzene rings is 2. The molecule has 0 amide bonds. The van der Waals surface area contributed by atoms with Gasteiger partial charge in [-0.25, -0.2) is 0 Å². The molecule has 0 atom stereocenters. The molecule has 4 nitrogen and oxygen atoms in total. The average molecular weight is 316 g/mol. The van der Waals surface area contributed by atoms with Crippen LogP contribution in [0.3, 0.4) is 0 Å². The van der Waals surface area contributed by atoms with Crippen LogP contribution in [0.15, 0.2) is 36.4 Å². The van der Waals surface area contributed by atoms with Gasteiger partial charge in [0.25, 0.3) is 0 Å². The zero-order valence-electron chi connectivity index (χ0n) is 13.5. The molecule has 0 radical (unpaired) electrons. The third-order valence-corrected chi connectivity index (χ3v) is 3.79. The average Bonchev–Trinajstić information content (AvgIpc) is 2.60. The maximum absolute atomic E-state index is 6.04. The molecule has 1 aliphatic rings. The summed E-state index contributed by atoms with van der Waals surface area (Å²) in [5.41, 5.74) is 0. The Kier molecular flexibility index (Phi) is 6.12. The largest absolute Gasteiger partial charge is 0.490 e. The lowest BCUT2D eigenvalue weighted by atomic mass is 10.1. The minimum atomic E-state index is 0.626. The molecule has 124 valence electrons. The van der Waals surface area contributed by atoms with E-state index in [1.165, 1.54) is 0 Å². The summed E-state index contributed by atoms with van der Waals surface area (Å²) in [6, 6.07) is 12.3. The van der Waals surface area contributed by atoms with E-state index in [9.17, 15) is 0 Å². The third kappa shape index (κ3) is 4.60. The van der Waals surface area contributed by atoms with Gasteiger partial charge in [-0.1, -0.05) is 30.3 Å². The summed E-state index contributed by atoms with van der Waals surface area (Å²) in [5.74, 6) is 1.64. The third-order valence-electron chi connectivity index (χ3n) is 3.79. The summed E-state index contributed by atoms with van der Waals surface area (Å²) in [6.45, 7) is 4.17. The molecule has 0 saturated carbocycles. The number of fused-ring (bicyclic) bond motifs is 3. The fraction of sp³-hybridized carbons (Fsp3) is 0.474. The second kappa shape index (κ2) is 8.75. The Bertz CT molecular complexity index is 611. The molecule has 2 aromatic rings. The molecule has 4 heteroatoms. The van der Waals surface area contributed by atoms with Gasteiger partial charge in [-0.3, -0.25) is 0 Å². The first-order chi connectivity index (χ1) is 11.4. The molecule has 0 spiro atoms. The van der Waals surface area contributed by atoms with Crippen LogP contribution in [-0.4, -0.2) is 39.6 Å². The summed E-state index contributed by atoms with van der Waals surface area (Å²) in [4.78, 5) is 0. The molecule has 0 aromatic heterocycles. The first kappa shape index (κ1) is 16.1. The van der Waals surface area contributed by atoms with E-state index in [-0.39, 0.29) is 0 Å². The van der Waals surface area contributed by atoms with Crippen molar-refractivity contribution in [2.45, 2.75) is 19.3 Å². The lowest BCUT2D eigenvalue weighted by molar-refractivity contribution is 0.0748. The van der Waals surface area contributed by atoms with Gasteiger partial charge in [0.15, 0.2) is 11.5 Å². The zero-order valence-corrected chi connectivity index (χ0v) is 13.5. The Balaban J connectivity index is 1.77. The molecular formula is C19H24O4. The normalized spacial score (nSPS) is 18.1. The van der Waals surface area contributed by atoms with Gasteiger partial charge in [0.2, 0.25) is 0 Å². The van der Waals surface area contributed by atoms with E-state index in [1.807, 2.05) is 18.2 Å². The van der Waals surface area contributed by atoms with Gasteiger partial charge >= 0.3 is 0 Å². The molecule has 2 aromatic carbocycles. The van der Waals surface area contributed by atoms with Crippen molar-refractivity contribution in [2.75, 3.05) is 39.6 Å². The van der Waals surface area contributed by atoms with Crippen molar-refractivity contribution in [1.82, 2.24) is 0 Å². The van der Waals surface area contributed by atoms with Crippen molar-refractivity contribution in [3.8, 4) is 11.5 Å². The van der Waals surface area contributed by atoms with Gasteiger partial charge < -0.3 is 18.9 Å². The van der Waals surface area contributed by atoms with Crippen LogP contribution in [0.5, 0.6) is 11.5 Å². The van der Waals surface area contributed by atoms with E-state index < -0.39 is 0 Å². The Hall–Kier alpha value is -1.78. The maximum atomic E-state index is 6.04. The van der Waals surface area contributed by atoms with Gasteiger partial charge in [-0.15, -0.1) is 0 Å². The van der Waals surface area contributed by atoms with Crippen LogP contribution in [0.1, 0.15) is 19.3 Å². The molecule has 0 N–H and O–H groups in total. The molecule has 0 fully saturated rings. The summed E-state index contributed by atoms with van der Waals surface area (Å²) in [6.07, 6.45) is 2.67. The monoisotopic (exact) mass is 316 g/mol. The van der Waals surface area contributed by atoms with Crippen molar-refractivity contribution in [3.05, 3.63) is 36.4 Å². The number of hydrogen-bond acceptors (Lipinski definition) is 4. The fourth-order valence-corrected chi connectivity index (χ4v) is 2.63. The standard InChI is InChI=1S/C19H24O4/c1-2-7-17-16(6-1)8-9-18-19(17)23-15-5-13-21-11-3-10-20-12-4-14-22-18/h1-2,6-9H,3-5,10-15H2. The van der Waals surface area contributed by atoms with Crippen LogP contribution in [0.25, 0.3) is 10.8 Å². The summed E-state index contributed by atoms with van der Waals surface area (Å²) >= 11 is 0. The Morgan fingerprint density at radius 2 is 1.26 bits per heavy atom. The quantitative estimate of drug-likeness (QED) is 0.740. The van der Waals surface area contributed by atoms with Crippen molar-refractivity contribution >= 4 is 10.8 Å². The molecule has 0 unspecified atom stereocenters. The van der Waals surface area contributed by atoms with Crippen molar-refractivity contribution in [1.29, 1.82) is 0 Å². The van der Waals surface area contributed by atoms with Crippen LogP contribution in [0.2, 0.25) is 0 Å². The van der Waals surface area contributed by atoms with Gasteiger partial charge in [0.1, 0.15) is 0 Å². The van der Waals surface area contributed by atoms with Crippen molar-refractivity contribution in [3.63, 3.8) is 0 Å².